The van der Waals surface area contributed by atoms with Crippen LogP contribution in [0.15, 0.2) is 35.1 Å². The van der Waals surface area contributed by atoms with E-state index in [4.69, 9.17) is 5.41 Å². The van der Waals surface area contributed by atoms with Crippen molar-refractivity contribution in [1.29, 1.82) is 5.41 Å². The Morgan fingerprint density at radius 3 is 2.55 bits per heavy atom. The molecule has 1 aliphatic heterocycles. The van der Waals surface area contributed by atoms with Crippen LogP contribution in [0, 0.1) is 11.3 Å². The molecule has 1 unspecified atom stereocenters. The van der Waals surface area contributed by atoms with E-state index in [-0.39, 0.29) is 17.7 Å². The van der Waals surface area contributed by atoms with Gasteiger partial charge < -0.3 is 10.7 Å². The summed E-state index contributed by atoms with van der Waals surface area (Å²) in [6.07, 6.45) is 3.84. The molecule has 0 aromatic heterocycles. The van der Waals surface area contributed by atoms with Crippen molar-refractivity contribution in [3.8, 4) is 0 Å². The quantitative estimate of drug-likeness (QED) is 0.405. The summed E-state index contributed by atoms with van der Waals surface area (Å²) in [4.78, 5) is 23.2. The number of carbonyl (C=O) groups excluding carboxylic acids is 2. The lowest BCUT2D eigenvalue weighted by Gasteiger charge is -2.24. The maximum Gasteiger partial charge on any atom is 0.234 e. The van der Waals surface area contributed by atoms with Gasteiger partial charge >= 0.3 is 0 Å². The first-order valence-corrected chi connectivity index (χ1v) is 6.51. The first-order valence-electron chi connectivity index (χ1n) is 6.51. The zero-order chi connectivity index (χ0) is 15.3. The van der Waals surface area contributed by atoms with Crippen molar-refractivity contribution >= 4 is 18.0 Å². The molecular weight excluding hydrogens is 254 g/mol. The van der Waals surface area contributed by atoms with E-state index < -0.39 is 0 Å². The van der Waals surface area contributed by atoms with Gasteiger partial charge in [-0.2, -0.15) is 0 Å². The molecule has 1 aliphatic rings. The largest absolute Gasteiger partial charge is 0.391 e. The second-order valence-electron chi connectivity index (χ2n) is 4.86. The SMILES string of the molecule is C=C(C)/C(=C\C(C=N)=C(/C)NC)C1CCC(=O)NC1=O. The molecule has 1 fully saturated rings. The van der Waals surface area contributed by atoms with Crippen LogP contribution in [0.2, 0.25) is 0 Å². The predicted molar refractivity (Wildman–Crippen MR) is 79.3 cm³/mol. The summed E-state index contributed by atoms with van der Waals surface area (Å²) in [6, 6.07) is 0. The number of imide groups is 1. The number of hydrogen-bond acceptors (Lipinski definition) is 4. The normalized spacial score (nSPS) is 20.9. The number of hydrogen-bond donors (Lipinski definition) is 3. The average Bonchev–Trinajstić information content (AvgIpc) is 2.40. The standard InChI is InChI=1S/C15H21N3O2/c1-9(2)13(7-11(8-16)10(3)17-4)12-5-6-14(19)18-15(12)20/h7-8,12,16-17H,1,5-6H2,2-4H3,(H,18,19,20)/b11-10-,13-7+,16-8?. The molecule has 1 rings (SSSR count). The summed E-state index contributed by atoms with van der Waals surface area (Å²) in [5.41, 5.74) is 3.06. The van der Waals surface area contributed by atoms with Crippen molar-refractivity contribution in [2.24, 2.45) is 5.92 Å². The summed E-state index contributed by atoms with van der Waals surface area (Å²) < 4.78 is 0. The second kappa shape index (κ2) is 6.84. The highest BCUT2D eigenvalue weighted by molar-refractivity contribution is 6.00. The molecule has 0 spiro atoms. The van der Waals surface area contributed by atoms with Crippen molar-refractivity contribution in [3.05, 3.63) is 35.1 Å². The van der Waals surface area contributed by atoms with Crippen LogP contribution in [0.5, 0.6) is 0 Å². The van der Waals surface area contributed by atoms with Gasteiger partial charge in [0.1, 0.15) is 0 Å². The van der Waals surface area contributed by atoms with Gasteiger partial charge in [-0.05, 0) is 31.9 Å². The van der Waals surface area contributed by atoms with Gasteiger partial charge in [-0.1, -0.05) is 12.2 Å². The summed E-state index contributed by atoms with van der Waals surface area (Å²) in [6.45, 7) is 7.59. The van der Waals surface area contributed by atoms with Crippen LogP contribution in [0.4, 0.5) is 0 Å². The van der Waals surface area contributed by atoms with Crippen LogP contribution in [0.1, 0.15) is 26.7 Å². The third kappa shape index (κ3) is 3.66. The lowest BCUT2D eigenvalue weighted by atomic mass is 9.85. The molecule has 0 aromatic rings. The van der Waals surface area contributed by atoms with Crippen molar-refractivity contribution < 1.29 is 9.59 Å². The molecule has 5 nitrogen and oxygen atoms in total. The van der Waals surface area contributed by atoms with Crippen LogP contribution < -0.4 is 10.6 Å². The Labute approximate surface area is 119 Å². The maximum atomic E-state index is 12.0. The van der Waals surface area contributed by atoms with E-state index in [2.05, 4.69) is 17.2 Å². The lowest BCUT2D eigenvalue weighted by Crippen LogP contribution is -2.41. The third-order valence-electron chi connectivity index (χ3n) is 3.38. The van der Waals surface area contributed by atoms with E-state index in [1.807, 2.05) is 13.8 Å². The molecular formula is C15H21N3O2. The number of piperidine rings is 1. The molecule has 1 atom stereocenters. The van der Waals surface area contributed by atoms with Gasteiger partial charge in [0, 0.05) is 31.0 Å². The Morgan fingerprint density at radius 1 is 1.45 bits per heavy atom. The van der Waals surface area contributed by atoms with E-state index >= 15 is 0 Å². The molecule has 20 heavy (non-hydrogen) atoms. The molecule has 1 saturated heterocycles. The van der Waals surface area contributed by atoms with E-state index in [0.717, 1.165) is 16.8 Å². The molecule has 108 valence electrons. The van der Waals surface area contributed by atoms with Crippen LogP contribution in [-0.4, -0.2) is 25.1 Å². The molecule has 2 amide bonds. The van der Waals surface area contributed by atoms with Crippen molar-refractivity contribution in [2.45, 2.75) is 26.7 Å². The Kier molecular flexibility index (Phi) is 5.43. The molecule has 0 aromatic carbocycles. The number of rotatable bonds is 5. The Balaban J connectivity index is 3.18. The highest BCUT2D eigenvalue weighted by Crippen LogP contribution is 2.27. The summed E-state index contributed by atoms with van der Waals surface area (Å²) >= 11 is 0. The number of carbonyl (C=O) groups is 2. The van der Waals surface area contributed by atoms with Gasteiger partial charge in [-0.15, -0.1) is 0 Å². The molecule has 0 saturated carbocycles. The zero-order valence-corrected chi connectivity index (χ0v) is 12.2. The van der Waals surface area contributed by atoms with Crippen molar-refractivity contribution in [3.63, 3.8) is 0 Å². The first-order chi connectivity index (χ1) is 9.40. The van der Waals surface area contributed by atoms with Crippen LogP contribution in [-0.2, 0) is 9.59 Å². The highest BCUT2D eigenvalue weighted by atomic mass is 16.2. The summed E-state index contributed by atoms with van der Waals surface area (Å²) in [7, 11) is 1.78. The minimum atomic E-state index is -0.384. The number of nitrogens with one attached hydrogen (secondary N) is 3. The monoisotopic (exact) mass is 275 g/mol. The fourth-order valence-corrected chi connectivity index (χ4v) is 2.08. The van der Waals surface area contributed by atoms with Crippen LogP contribution in [0.25, 0.3) is 0 Å². The van der Waals surface area contributed by atoms with Crippen molar-refractivity contribution in [2.75, 3.05) is 7.05 Å². The molecule has 0 bridgehead atoms. The van der Waals surface area contributed by atoms with E-state index in [1.165, 1.54) is 6.21 Å². The number of amides is 2. The van der Waals surface area contributed by atoms with Gasteiger partial charge in [-0.25, -0.2) is 0 Å². The predicted octanol–water partition coefficient (Wildman–Crippen LogP) is 1.68. The topological polar surface area (TPSA) is 82.1 Å². The second-order valence-corrected chi connectivity index (χ2v) is 4.86. The number of allylic oxidation sites excluding steroid dienone is 4. The summed E-state index contributed by atoms with van der Waals surface area (Å²) in [5, 5.41) is 12.8. The van der Waals surface area contributed by atoms with E-state index in [1.54, 1.807) is 13.1 Å². The lowest BCUT2D eigenvalue weighted by molar-refractivity contribution is -0.135. The Morgan fingerprint density at radius 2 is 2.10 bits per heavy atom. The van der Waals surface area contributed by atoms with Crippen LogP contribution >= 0.6 is 0 Å². The van der Waals surface area contributed by atoms with Gasteiger partial charge in [0.05, 0.1) is 5.92 Å². The fraction of sp³-hybridized carbons (Fsp3) is 0.400. The van der Waals surface area contributed by atoms with Gasteiger partial charge in [0.15, 0.2) is 0 Å². The Hall–Kier alpha value is -2.17. The highest BCUT2D eigenvalue weighted by Gasteiger charge is 2.29. The minimum absolute atomic E-state index is 0.235. The van der Waals surface area contributed by atoms with Gasteiger partial charge in [0.2, 0.25) is 11.8 Å². The minimum Gasteiger partial charge on any atom is -0.391 e. The van der Waals surface area contributed by atoms with Crippen LogP contribution in [0.3, 0.4) is 0 Å². The maximum absolute atomic E-state index is 12.0. The first kappa shape index (κ1) is 15.9. The molecule has 0 aliphatic carbocycles. The fourth-order valence-electron chi connectivity index (χ4n) is 2.08. The zero-order valence-electron chi connectivity index (χ0n) is 12.2. The van der Waals surface area contributed by atoms with E-state index in [9.17, 15) is 9.59 Å². The third-order valence-corrected chi connectivity index (χ3v) is 3.38. The van der Waals surface area contributed by atoms with Gasteiger partial charge in [-0.3, -0.25) is 14.9 Å². The molecule has 1 heterocycles. The van der Waals surface area contributed by atoms with E-state index in [0.29, 0.717) is 18.4 Å². The molecule has 3 N–H and O–H groups in total. The Bertz CT molecular complexity index is 515. The van der Waals surface area contributed by atoms with Crippen molar-refractivity contribution in [1.82, 2.24) is 10.6 Å². The molecule has 5 heteroatoms. The molecule has 0 radical (unpaired) electrons. The summed E-state index contributed by atoms with van der Waals surface area (Å²) in [5.74, 6) is -0.909. The van der Waals surface area contributed by atoms with Gasteiger partial charge in [0.25, 0.3) is 0 Å². The smallest absolute Gasteiger partial charge is 0.234 e. The average molecular weight is 275 g/mol.